The lowest BCUT2D eigenvalue weighted by Crippen LogP contribution is -1.98. The van der Waals surface area contributed by atoms with Crippen LogP contribution in [0.4, 0.5) is 5.82 Å². The molecule has 0 saturated heterocycles. The molecule has 0 amide bonds. The minimum absolute atomic E-state index is 0.249. The molecule has 4 aromatic rings. The number of aromatic nitrogens is 3. The molecular formula is C18H11Cl2N5. The lowest BCUT2D eigenvalue weighted by Gasteiger charge is -2.04. The van der Waals surface area contributed by atoms with Crippen molar-refractivity contribution in [1.29, 1.82) is 0 Å². The Morgan fingerprint density at radius 3 is 2.24 bits per heavy atom. The van der Waals surface area contributed by atoms with Crippen molar-refractivity contribution in [3.8, 4) is 0 Å². The van der Waals surface area contributed by atoms with Gasteiger partial charge in [0.1, 0.15) is 5.15 Å². The summed E-state index contributed by atoms with van der Waals surface area (Å²) in [5.74, 6) is 0.376. The monoisotopic (exact) mass is 367 g/mol. The van der Waals surface area contributed by atoms with Crippen molar-refractivity contribution >= 4 is 57.2 Å². The number of hydrogen-bond acceptors (Lipinski definition) is 5. The van der Waals surface area contributed by atoms with Gasteiger partial charge in [-0.05, 0) is 24.3 Å². The van der Waals surface area contributed by atoms with Crippen LogP contribution < -0.4 is 5.43 Å². The van der Waals surface area contributed by atoms with E-state index in [0.717, 1.165) is 21.9 Å². The van der Waals surface area contributed by atoms with Crippen LogP contribution in [-0.4, -0.2) is 21.2 Å². The van der Waals surface area contributed by atoms with E-state index in [4.69, 9.17) is 23.2 Å². The molecule has 2 aromatic heterocycles. The van der Waals surface area contributed by atoms with Crippen molar-refractivity contribution in [2.45, 2.75) is 0 Å². The number of benzene rings is 2. The smallest absolute Gasteiger partial charge is 0.185 e. The summed E-state index contributed by atoms with van der Waals surface area (Å²) in [6.45, 7) is 0. The third-order valence-corrected chi connectivity index (χ3v) is 4.17. The van der Waals surface area contributed by atoms with Crippen LogP contribution in [0.15, 0.2) is 59.7 Å². The Balaban J connectivity index is 1.63. The maximum atomic E-state index is 6.21. The molecule has 4 rings (SSSR count). The number of anilines is 1. The van der Waals surface area contributed by atoms with Crippen molar-refractivity contribution in [2.75, 3.05) is 5.43 Å². The SMILES string of the molecule is Clc1nc2ccccc2cc1/C=N\Nc1nc2ccccc2nc1Cl. The van der Waals surface area contributed by atoms with Crippen LogP contribution in [0.3, 0.4) is 0 Å². The average molecular weight is 368 g/mol. The normalized spacial score (nSPS) is 11.4. The summed E-state index contributed by atoms with van der Waals surface area (Å²) in [6.07, 6.45) is 1.58. The van der Waals surface area contributed by atoms with Crippen molar-refractivity contribution in [1.82, 2.24) is 15.0 Å². The van der Waals surface area contributed by atoms with Crippen LogP contribution in [0.1, 0.15) is 5.56 Å². The maximum Gasteiger partial charge on any atom is 0.185 e. The number of hydrazone groups is 1. The first-order valence-electron chi connectivity index (χ1n) is 7.47. The van der Waals surface area contributed by atoms with Gasteiger partial charge in [0, 0.05) is 10.9 Å². The molecule has 2 aromatic carbocycles. The van der Waals surface area contributed by atoms with Gasteiger partial charge in [-0.15, -0.1) is 0 Å². The van der Waals surface area contributed by atoms with Crippen LogP contribution in [-0.2, 0) is 0 Å². The second-order valence-corrected chi connectivity index (χ2v) is 6.00. The summed E-state index contributed by atoms with van der Waals surface area (Å²) in [7, 11) is 0. The van der Waals surface area contributed by atoms with Crippen LogP contribution in [0, 0.1) is 0 Å². The van der Waals surface area contributed by atoms with Gasteiger partial charge in [0.25, 0.3) is 0 Å². The van der Waals surface area contributed by atoms with Gasteiger partial charge in [-0.25, -0.2) is 15.0 Å². The molecule has 0 spiro atoms. The Labute approximate surface area is 153 Å². The standard InChI is InChI=1S/C18H11Cl2N5/c19-16-12(9-11-5-1-2-6-13(11)22-16)10-21-25-18-17(20)23-14-7-3-4-8-15(14)24-18/h1-10H,(H,24,25)/b21-10-. The van der Waals surface area contributed by atoms with Gasteiger partial charge in [0.15, 0.2) is 11.0 Å². The molecule has 2 heterocycles. The highest BCUT2D eigenvalue weighted by Gasteiger charge is 2.06. The first-order chi connectivity index (χ1) is 12.2. The zero-order chi connectivity index (χ0) is 17.2. The molecular weight excluding hydrogens is 357 g/mol. The third kappa shape index (κ3) is 3.24. The Bertz CT molecular complexity index is 1110. The van der Waals surface area contributed by atoms with Gasteiger partial charge in [-0.1, -0.05) is 53.5 Å². The predicted octanol–water partition coefficient (Wildman–Crippen LogP) is 4.93. The molecule has 0 aliphatic carbocycles. The molecule has 0 atom stereocenters. The second-order valence-electron chi connectivity index (χ2n) is 5.28. The highest BCUT2D eigenvalue weighted by atomic mass is 35.5. The molecule has 0 aliphatic heterocycles. The molecule has 25 heavy (non-hydrogen) atoms. The molecule has 1 N–H and O–H groups in total. The first-order valence-corrected chi connectivity index (χ1v) is 8.23. The minimum Gasteiger partial charge on any atom is -0.259 e. The summed E-state index contributed by atoms with van der Waals surface area (Å²) in [4.78, 5) is 13.1. The highest BCUT2D eigenvalue weighted by Crippen LogP contribution is 2.22. The Morgan fingerprint density at radius 1 is 0.800 bits per heavy atom. The number of nitrogens with zero attached hydrogens (tertiary/aromatic N) is 4. The largest absolute Gasteiger partial charge is 0.259 e. The molecule has 122 valence electrons. The van der Waals surface area contributed by atoms with Crippen molar-refractivity contribution in [3.63, 3.8) is 0 Å². The molecule has 0 unspecified atom stereocenters. The fourth-order valence-electron chi connectivity index (χ4n) is 2.41. The van der Waals surface area contributed by atoms with Crippen molar-refractivity contribution in [3.05, 3.63) is 70.5 Å². The van der Waals surface area contributed by atoms with Gasteiger partial charge < -0.3 is 0 Å². The summed E-state index contributed by atoms with van der Waals surface area (Å²) >= 11 is 12.4. The summed E-state index contributed by atoms with van der Waals surface area (Å²) in [5, 5.41) is 5.77. The van der Waals surface area contributed by atoms with E-state index in [2.05, 4.69) is 25.5 Å². The number of hydrogen-bond donors (Lipinski definition) is 1. The van der Waals surface area contributed by atoms with Gasteiger partial charge in [0.05, 0.1) is 22.8 Å². The Morgan fingerprint density at radius 2 is 1.44 bits per heavy atom. The van der Waals surface area contributed by atoms with E-state index in [1.54, 1.807) is 6.21 Å². The van der Waals surface area contributed by atoms with Crippen molar-refractivity contribution in [2.24, 2.45) is 5.10 Å². The quantitative estimate of drug-likeness (QED) is 0.316. The molecule has 7 heteroatoms. The van der Waals surface area contributed by atoms with Gasteiger partial charge >= 0.3 is 0 Å². The lowest BCUT2D eigenvalue weighted by molar-refractivity contribution is 1.22. The number of halogens is 2. The van der Waals surface area contributed by atoms with Crippen LogP contribution in [0.25, 0.3) is 21.9 Å². The van der Waals surface area contributed by atoms with E-state index >= 15 is 0 Å². The van der Waals surface area contributed by atoms with Gasteiger partial charge in [0.2, 0.25) is 0 Å². The van der Waals surface area contributed by atoms with Gasteiger partial charge in [-0.2, -0.15) is 5.10 Å². The molecule has 0 fully saturated rings. The summed E-state index contributed by atoms with van der Waals surface area (Å²) in [5.41, 5.74) is 5.79. The number of nitrogens with one attached hydrogen (secondary N) is 1. The average Bonchev–Trinajstić information content (AvgIpc) is 2.62. The Kier molecular flexibility index (Phi) is 4.17. The topological polar surface area (TPSA) is 63.1 Å². The number of pyridine rings is 1. The van der Waals surface area contributed by atoms with E-state index in [1.165, 1.54) is 0 Å². The number of rotatable bonds is 3. The third-order valence-electron chi connectivity index (χ3n) is 3.61. The highest BCUT2D eigenvalue weighted by molar-refractivity contribution is 6.32. The molecule has 0 saturated carbocycles. The molecule has 0 aliphatic rings. The second kappa shape index (κ2) is 6.63. The zero-order valence-corrected chi connectivity index (χ0v) is 14.3. The molecule has 5 nitrogen and oxygen atoms in total. The van der Waals surface area contributed by atoms with E-state index < -0.39 is 0 Å². The lowest BCUT2D eigenvalue weighted by atomic mass is 10.2. The molecule has 0 bridgehead atoms. The zero-order valence-electron chi connectivity index (χ0n) is 12.8. The maximum absolute atomic E-state index is 6.21. The van der Waals surface area contributed by atoms with E-state index in [9.17, 15) is 0 Å². The fourth-order valence-corrected chi connectivity index (χ4v) is 2.78. The van der Waals surface area contributed by atoms with E-state index in [0.29, 0.717) is 16.5 Å². The van der Waals surface area contributed by atoms with Crippen LogP contribution in [0.2, 0.25) is 10.3 Å². The van der Waals surface area contributed by atoms with Crippen molar-refractivity contribution < 1.29 is 0 Å². The first kappa shape index (κ1) is 15.7. The van der Waals surface area contributed by atoms with E-state index in [1.807, 2.05) is 54.6 Å². The van der Waals surface area contributed by atoms with E-state index in [-0.39, 0.29) is 5.15 Å². The van der Waals surface area contributed by atoms with Crippen LogP contribution >= 0.6 is 23.2 Å². The minimum atomic E-state index is 0.249. The van der Waals surface area contributed by atoms with Gasteiger partial charge in [-0.3, -0.25) is 5.43 Å². The summed E-state index contributed by atoms with van der Waals surface area (Å²) in [6, 6.07) is 17.1. The number of para-hydroxylation sites is 3. The Hall–Kier alpha value is -2.76. The fraction of sp³-hybridized carbons (Fsp3) is 0. The number of fused-ring (bicyclic) bond motifs is 2. The predicted molar refractivity (Wildman–Crippen MR) is 103 cm³/mol. The summed E-state index contributed by atoms with van der Waals surface area (Å²) < 4.78 is 0. The molecule has 0 radical (unpaired) electrons. The van der Waals surface area contributed by atoms with Crippen LogP contribution in [0.5, 0.6) is 0 Å².